The summed E-state index contributed by atoms with van der Waals surface area (Å²) in [6.45, 7) is 6.60. The maximum absolute atomic E-state index is 12.5. The molecule has 5 rings (SSSR count). The number of thioether (sulfide) groups is 1. The first-order chi connectivity index (χ1) is 14.2. The van der Waals surface area contributed by atoms with Crippen LogP contribution in [-0.4, -0.2) is 27.7 Å². The van der Waals surface area contributed by atoms with Crippen molar-refractivity contribution in [3.05, 3.63) is 23.8 Å². The molecule has 4 aliphatic carbocycles. The van der Waals surface area contributed by atoms with Crippen LogP contribution in [0, 0.1) is 28.6 Å². The Kier molecular flexibility index (Phi) is 4.67. The zero-order valence-electron chi connectivity index (χ0n) is 18.2. The van der Waals surface area contributed by atoms with Gasteiger partial charge in [-0.15, -0.1) is 0 Å². The highest BCUT2D eigenvalue weighted by atomic mass is 32.2. The average molecular weight is 429 g/mol. The van der Waals surface area contributed by atoms with Crippen molar-refractivity contribution >= 4 is 28.6 Å². The fraction of sp³-hybridized carbons (Fsp3) is 0.720. The van der Waals surface area contributed by atoms with E-state index in [0.29, 0.717) is 37.0 Å². The van der Waals surface area contributed by atoms with Crippen LogP contribution >= 0.6 is 11.8 Å². The third-order valence-electron chi connectivity index (χ3n) is 9.33. The Balaban J connectivity index is 1.56. The second-order valence-corrected chi connectivity index (χ2v) is 11.8. The van der Waals surface area contributed by atoms with Gasteiger partial charge in [0.1, 0.15) is 5.60 Å². The molecule has 0 aromatic rings. The second-order valence-electron chi connectivity index (χ2n) is 10.5. The summed E-state index contributed by atoms with van der Waals surface area (Å²) in [6.07, 6.45) is 12.7. The molecule has 2 saturated carbocycles. The Bertz CT molecular complexity index is 874. The largest absolute Gasteiger partial charge is 0.454 e. The van der Waals surface area contributed by atoms with Gasteiger partial charge in [-0.2, -0.15) is 0 Å². The standard InChI is InChI=1S/C25H32O4S/c1-4-21(28)30-19-14-15-13-16(26)5-9-23(15,2)17-6-10-24(3)18(22(17)19)7-11-25(24)12-8-20(27)29-25/h7,11,13,17-19,22H,4-6,8-10,12,14H2,1-3H3/t17?,18?,19-,22?,23+,24+,25-/m1/s1. The highest BCUT2D eigenvalue weighted by Gasteiger charge is 2.66. The predicted molar refractivity (Wildman–Crippen MR) is 117 cm³/mol. The minimum Gasteiger partial charge on any atom is -0.454 e. The molecule has 0 amide bonds. The summed E-state index contributed by atoms with van der Waals surface area (Å²) < 4.78 is 5.99. The van der Waals surface area contributed by atoms with E-state index in [4.69, 9.17) is 4.74 Å². The molecule has 5 aliphatic rings. The summed E-state index contributed by atoms with van der Waals surface area (Å²) in [5.74, 6) is 1.30. The molecule has 7 atom stereocenters. The molecular weight excluding hydrogens is 396 g/mol. The number of esters is 1. The molecule has 0 aromatic heterocycles. The third kappa shape index (κ3) is 2.69. The van der Waals surface area contributed by atoms with Gasteiger partial charge in [-0.3, -0.25) is 14.4 Å². The van der Waals surface area contributed by atoms with Crippen molar-refractivity contribution in [1.29, 1.82) is 0 Å². The number of carbonyl (C=O) groups is 3. The van der Waals surface area contributed by atoms with Gasteiger partial charge < -0.3 is 4.74 Å². The molecule has 0 aromatic carbocycles. The highest BCUT2D eigenvalue weighted by Crippen LogP contribution is 2.68. The number of rotatable bonds is 2. The van der Waals surface area contributed by atoms with E-state index in [2.05, 4.69) is 26.0 Å². The lowest BCUT2D eigenvalue weighted by atomic mass is 9.46. The van der Waals surface area contributed by atoms with E-state index in [-0.39, 0.29) is 32.9 Å². The molecule has 162 valence electrons. The Hall–Kier alpha value is -1.36. The van der Waals surface area contributed by atoms with E-state index in [1.165, 1.54) is 17.3 Å². The fourth-order valence-electron chi connectivity index (χ4n) is 7.54. The van der Waals surface area contributed by atoms with Gasteiger partial charge in [0.15, 0.2) is 10.9 Å². The molecule has 3 fully saturated rings. The number of hydrogen-bond donors (Lipinski definition) is 0. The third-order valence-corrected chi connectivity index (χ3v) is 10.7. The maximum Gasteiger partial charge on any atom is 0.306 e. The number of carbonyl (C=O) groups excluding carboxylic acids is 3. The van der Waals surface area contributed by atoms with Gasteiger partial charge in [0.05, 0.1) is 0 Å². The first-order valence-corrected chi connectivity index (χ1v) is 12.4. The van der Waals surface area contributed by atoms with Gasteiger partial charge in [0.25, 0.3) is 0 Å². The van der Waals surface area contributed by atoms with Crippen molar-refractivity contribution in [2.24, 2.45) is 28.6 Å². The minimum atomic E-state index is -0.469. The van der Waals surface area contributed by atoms with E-state index in [1.54, 1.807) is 0 Å². The summed E-state index contributed by atoms with van der Waals surface area (Å²) in [7, 11) is 0. The fourth-order valence-corrected chi connectivity index (χ4v) is 8.82. The Morgan fingerprint density at radius 1 is 1.20 bits per heavy atom. The lowest BCUT2D eigenvalue weighted by Crippen LogP contribution is -2.58. The Labute approximate surface area is 183 Å². The molecule has 4 nitrogen and oxygen atoms in total. The van der Waals surface area contributed by atoms with Crippen molar-refractivity contribution < 1.29 is 19.1 Å². The van der Waals surface area contributed by atoms with Crippen molar-refractivity contribution in [3.63, 3.8) is 0 Å². The smallest absolute Gasteiger partial charge is 0.306 e. The highest BCUT2D eigenvalue weighted by molar-refractivity contribution is 8.14. The lowest BCUT2D eigenvalue weighted by Gasteiger charge is -2.61. The first kappa shape index (κ1) is 20.5. The molecule has 1 spiro atoms. The topological polar surface area (TPSA) is 60.4 Å². The molecule has 30 heavy (non-hydrogen) atoms. The summed E-state index contributed by atoms with van der Waals surface area (Å²) in [6, 6.07) is 0. The van der Waals surface area contributed by atoms with Crippen LogP contribution in [0.3, 0.4) is 0 Å². The van der Waals surface area contributed by atoms with Gasteiger partial charge in [0, 0.05) is 36.3 Å². The number of hydrogen-bond acceptors (Lipinski definition) is 5. The normalized spacial score (nSPS) is 46.8. The summed E-state index contributed by atoms with van der Waals surface area (Å²) >= 11 is 1.51. The quantitative estimate of drug-likeness (QED) is 0.457. The number of ether oxygens (including phenoxy) is 1. The molecule has 1 saturated heterocycles. The van der Waals surface area contributed by atoms with Gasteiger partial charge in [-0.25, -0.2) is 0 Å². The van der Waals surface area contributed by atoms with Gasteiger partial charge >= 0.3 is 5.97 Å². The van der Waals surface area contributed by atoms with E-state index >= 15 is 0 Å². The van der Waals surface area contributed by atoms with E-state index in [1.807, 2.05) is 13.0 Å². The van der Waals surface area contributed by atoms with Crippen LogP contribution in [0.1, 0.15) is 72.1 Å². The van der Waals surface area contributed by atoms with Crippen molar-refractivity contribution in [3.8, 4) is 0 Å². The van der Waals surface area contributed by atoms with Crippen LogP contribution in [0.2, 0.25) is 0 Å². The average Bonchev–Trinajstić information content (AvgIpc) is 3.23. The van der Waals surface area contributed by atoms with Gasteiger partial charge in [-0.1, -0.05) is 44.2 Å². The zero-order valence-corrected chi connectivity index (χ0v) is 19.1. The molecule has 1 heterocycles. The lowest BCUT2D eigenvalue weighted by molar-refractivity contribution is -0.162. The molecule has 5 heteroatoms. The van der Waals surface area contributed by atoms with E-state index in [0.717, 1.165) is 32.1 Å². The maximum atomic E-state index is 12.5. The number of fused-ring (bicyclic) bond motifs is 6. The van der Waals surface area contributed by atoms with E-state index in [9.17, 15) is 14.4 Å². The Morgan fingerprint density at radius 3 is 2.70 bits per heavy atom. The van der Waals surface area contributed by atoms with Crippen LogP contribution in [-0.2, 0) is 19.1 Å². The summed E-state index contributed by atoms with van der Waals surface area (Å²) in [5, 5.41) is 0.426. The van der Waals surface area contributed by atoms with Crippen LogP contribution in [0.4, 0.5) is 0 Å². The number of allylic oxidation sites excluding steroid dienone is 3. The minimum absolute atomic E-state index is 0.0438. The van der Waals surface area contributed by atoms with Crippen molar-refractivity contribution in [2.45, 2.75) is 83.0 Å². The SMILES string of the molecule is CCC(=O)S[C@@H]1CC2=CC(=O)CC[C@]2(C)C2CC[C@@]3(C)C(C=C[C@@]34CCC(=O)O4)C21. The first-order valence-electron chi connectivity index (χ1n) is 11.6. The van der Waals surface area contributed by atoms with Gasteiger partial charge in [-0.05, 0) is 61.0 Å². The van der Waals surface area contributed by atoms with Crippen LogP contribution in [0.25, 0.3) is 0 Å². The Morgan fingerprint density at radius 2 is 2.00 bits per heavy atom. The van der Waals surface area contributed by atoms with E-state index < -0.39 is 5.60 Å². The molecule has 0 N–H and O–H groups in total. The summed E-state index contributed by atoms with van der Waals surface area (Å²) in [4.78, 5) is 36.8. The molecule has 0 bridgehead atoms. The second kappa shape index (κ2) is 6.82. The molecule has 3 unspecified atom stereocenters. The van der Waals surface area contributed by atoms with Crippen LogP contribution < -0.4 is 0 Å². The summed E-state index contributed by atoms with van der Waals surface area (Å²) in [5.41, 5.74) is 0.746. The predicted octanol–water partition coefficient (Wildman–Crippen LogP) is 5.02. The molecular formula is C25H32O4S. The zero-order chi connectivity index (χ0) is 21.3. The van der Waals surface area contributed by atoms with Crippen molar-refractivity contribution in [1.82, 2.24) is 0 Å². The molecule has 1 aliphatic heterocycles. The van der Waals surface area contributed by atoms with Crippen molar-refractivity contribution in [2.75, 3.05) is 0 Å². The number of ketones is 1. The van der Waals surface area contributed by atoms with Crippen LogP contribution in [0.15, 0.2) is 23.8 Å². The van der Waals surface area contributed by atoms with Crippen LogP contribution in [0.5, 0.6) is 0 Å². The monoisotopic (exact) mass is 428 g/mol. The molecule has 0 radical (unpaired) electrons. The van der Waals surface area contributed by atoms with Gasteiger partial charge in [0.2, 0.25) is 0 Å².